The van der Waals surface area contributed by atoms with Gasteiger partial charge in [-0.15, -0.1) is 0 Å². The van der Waals surface area contributed by atoms with Crippen molar-refractivity contribution < 1.29 is 24.2 Å². The van der Waals surface area contributed by atoms with Gasteiger partial charge in [0.1, 0.15) is 18.0 Å². The van der Waals surface area contributed by atoms with Crippen LogP contribution in [0.2, 0.25) is 0 Å². The maximum Gasteiger partial charge on any atom is 0.412 e. The molecule has 0 saturated carbocycles. The second kappa shape index (κ2) is 9.38. The predicted octanol–water partition coefficient (Wildman–Crippen LogP) is 3.57. The first-order valence-corrected chi connectivity index (χ1v) is 10.9. The summed E-state index contributed by atoms with van der Waals surface area (Å²) in [5.74, 6) is -2.09. The fraction of sp³-hybridized carbons (Fsp3) is 0.280. The Hall–Kier alpha value is -4.14. The molecule has 1 aliphatic carbocycles. The van der Waals surface area contributed by atoms with Crippen molar-refractivity contribution in [1.29, 1.82) is 0 Å². The number of aromatic nitrogens is 2. The second-order valence-corrected chi connectivity index (χ2v) is 8.41. The van der Waals surface area contributed by atoms with E-state index in [1.807, 2.05) is 36.4 Å². The number of fused-ring (bicyclic) bond motifs is 3. The molecule has 176 valence electrons. The number of ether oxygens (including phenoxy) is 1. The summed E-state index contributed by atoms with van der Waals surface area (Å²) in [5, 5.41) is 15.8. The minimum atomic E-state index is -0.997. The first-order valence-electron chi connectivity index (χ1n) is 10.9. The predicted molar refractivity (Wildman–Crippen MR) is 126 cm³/mol. The monoisotopic (exact) mass is 462 g/mol. The number of anilines is 1. The van der Waals surface area contributed by atoms with E-state index in [0.29, 0.717) is 0 Å². The lowest BCUT2D eigenvalue weighted by Gasteiger charge is -2.20. The lowest BCUT2D eigenvalue weighted by Crippen LogP contribution is -2.34. The average molecular weight is 463 g/mol. The Morgan fingerprint density at radius 2 is 1.71 bits per heavy atom. The molecular formula is C25H26N4O5. The summed E-state index contributed by atoms with van der Waals surface area (Å²) in [5.41, 5.74) is 4.61. The van der Waals surface area contributed by atoms with Crippen molar-refractivity contribution in [3.8, 4) is 11.1 Å². The zero-order valence-electron chi connectivity index (χ0n) is 19.2. The Morgan fingerprint density at radius 1 is 1.12 bits per heavy atom. The molecule has 34 heavy (non-hydrogen) atoms. The third-order valence-electron chi connectivity index (χ3n) is 6.05. The molecule has 1 heterocycles. The fourth-order valence-corrected chi connectivity index (χ4v) is 4.25. The Bertz CT molecular complexity index is 1210. The number of amides is 2. The second-order valence-electron chi connectivity index (χ2n) is 8.41. The number of benzene rings is 2. The Morgan fingerprint density at radius 3 is 2.29 bits per heavy atom. The number of hydrogen-bond acceptors (Lipinski definition) is 5. The van der Waals surface area contributed by atoms with Crippen LogP contribution in [0.5, 0.6) is 0 Å². The van der Waals surface area contributed by atoms with E-state index >= 15 is 0 Å². The van der Waals surface area contributed by atoms with Crippen LogP contribution in [0.3, 0.4) is 0 Å². The van der Waals surface area contributed by atoms with E-state index in [1.165, 1.54) is 29.7 Å². The number of nitrogens with one attached hydrogen (secondary N) is 1. The minimum absolute atomic E-state index is 0.0213. The number of hydrogen-bond donors (Lipinski definition) is 2. The van der Waals surface area contributed by atoms with E-state index < -0.39 is 23.9 Å². The third-order valence-corrected chi connectivity index (χ3v) is 6.05. The van der Waals surface area contributed by atoms with E-state index in [4.69, 9.17) is 9.84 Å². The third kappa shape index (κ3) is 4.36. The van der Waals surface area contributed by atoms with Crippen LogP contribution in [-0.4, -0.2) is 58.0 Å². The number of nitrogens with zero attached hydrogens (tertiary/aromatic N) is 3. The van der Waals surface area contributed by atoms with E-state index in [1.54, 1.807) is 7.05 Å². The van der Waals surface area contributed by atoms with E-state index in [2.05, 4.69) is 22.5 Å². The first-order chi connectivity index (χ1) is 16.3. The summed E-state index contributed by atoms with van der Waals surface area (Å²) < 4.78 is 6.93. The van der Waals surface area contributed by atoms with Gasteiger partial charge >= 0.3 is 12.1 Å². The van der Waals surface area contributed by atoms with E-state index in [0.717, 1.165) is 22.3 Å². The molecule has 3 aromatic rings. The minimum Gasteiger partial charge on any atom is -0.481 e. The largest absolute Gasteiger partial charge is 0.481 e. The topological polar surface area (TPSA) is 114 Å². The summed E-state index contributed by atoms with van der Waals surface area (Å²) in [6.45, 7) is 1.68. The zero-order chi connectivity index (χ0) is 24.4. The number of carboxylic acid groups (broad SMARTS) is 1. The summed E-state index contributed by atoms with van der Waals surface area (Å²) in [4.78, 5) is 37.9. The molecule has 2 aromatic carbocycles. The molecule has 1 unspecified atom stereocenters. The summed E-state index contributed by atoms with van der Waals surface area (Å²) in [6.07, 6.45) is 0.629. The molecule has 0 spiro atoms. The van der Waals surface area contributed by atoms with Gasteiger partial charge in [0.2, 0.25) is 0 Å². The van der Waals surface area contributed by atoms with Crippen LogP contribution in [0.4, 0.5) is 10.6 Å². The SMILES string of the molecule is CC(CN(C)C(=O)c1cnn(C)c1NC(=O)OCC1c2ccccc2-c2ccccc21)C(=O)O. The highest BCUT2D eigenvalue weighted by atomic mass is 16.5. The standard InChI is InChI=1S/C25H26N4O5/c1-15(24(31)32)13-28(2)23(30)20-12-26-29(3)22(20)27-25(33)34-14-21-18-10-6-4-8-16(18)17-9-5-7-11-19(17)21/h4-12,15,21H,13-14H2,1-3H3,(H,27,33)(H,31,32). The molecule has 0 aliphatic heterocycles. The smallest absolute Gasteiger partial charge is 0.412 e. The van der Waals surface area contributed by atoms with Crippen molar-refractivity contribution >= 4 is 23.8 Å². The van der Waals surface area contributed by atoms with Crippen LogP contribution in [0.15, 0.2) is 54.7 Å². The molecule has 0 bridgehead atoms. The molecule has 1 aliphatic rings. The molecule has 0 saturated heterocycles. The molecule has 9 heteroatoms. The van der Waals surface area contributed by atoms with Crippen LogP contribution < -0.4 is 5.32 Å². The normalized spacial score (nSPS) is 13.0. The van der Waals surface area contributed by atoms with Crippen LogP contribution >= 0.6 is 0 Å². The van der Waals surface area contributed by atoms with Crippen molar-refractivity contribution in [2.24, 2.45) is 13.0 Å². The van der Waals surface area contributed by atoms with Gasteiger partial charge in [-0.3, -0.25) is 19.6 Å². The van der Waals surface area contributed by atoms with Crippen molar-refractivity contribution in [2.45, 2.75) is 12.8 Å². The van der Waals surface area contributed by atoms with Crippen molar-refractivity contribution in [3.63, 3.8) is 0 Å². The molecule has 2 N–H and O–H groups in total. The highest BCUT2D eigenvalue weighted by Crippen LogP contribution is 2.44. The maximum absolute atomic E-state index is 12.8. The molecule has 2 amide bonds. The maximum atomic E-state index is 12.8. The molecular weight excluding hydrogens is 436 g/mol. The lowest BCUT2D eigenvalue weighted by atomic mass is 9.98. The van der Waals surface area contributed by atoms with Crippen molar-refractivity contribution in [3.05, 3.63) is 71.4 Å². The Kier molecular flexibility index (Phi) is 6.36. The van der Waals surface area contributed by atoms with Gasteiger partial charge in [0.25, 0.3) is 5.91 Å². The van der Waals surface area contributed by atoms with Gasteiger partial charge < -0.3 is 14.7 Å². The number of aliphatic carboxylic acids is 1. The number of rotatable bonds is 7. The number of carboxylic acids is 1. The highest BCUT2D eigenvalue weighted by molar-refractivity contribution is 6.01. The van der Waals surface area contributed by atoms with E-state index in [9.17, 15) is 14.4 Å². The molecule has 9 nitrogen and oxygen atoms in total. The van der Waals surface area contributed by atoms with Crippen molar-refractivity contribution in [1.82, 2.24) is 14.7 Å². The van der Waals surface area contributed by atoms with Crippen LogP contribution in [0.1, 0.15) is 34.3 Å². The first kappa shape index (κ1) is 23.0. The Balaban J connectivity index is 1.45. The van der Waals surface area contributed by atoms with Crippen molar-refractivity contribution in [2.75, 3.05) is 25.5 Å². The zero-order valence-corrected chi connectivity index (χ0v) is 19.2. The van der Waals surface area contributed by atoms with Gasteiger partial charge in [-0.2, -0.15) is 5.10 Å². The molecule has 4 rings (SSSR count). The van der Waals surface area contributed by atoms with Gasteiger partial charge in [-0.05, 0) is 22.3 Å². The number of carbonyl (C=O) groups is 3. The van der Waals surface area contributed by atoms with Crippen LogP contribution in [0.25, 0.3) is 11.1 Å². The molecule has 0 radical (unpaired) electrons. The quantitative estimate of drug-likeness (QED) is 0.555. The highest BCUT2D eigenvalue weighted by Gasteiger charge is 2.29. The van der Waals surface area contributed by atoms with Gasteiger partial charge in [-0.1, -0.05) is 55.5 Å². The van der Waals surface area contributed by atoms with E-state index in [-0.39, 0.29) is 30.5 Å². The molecule has 1 atom stereocenters. The van der Waals surface area contributed by atoms with Gasteiger partial charge in [0.15, 0.2) is 0 Å². The summed E-state index contributed by atoms with van der Waals surface area (Å²) in [6, 6.07) is 16.1. The fourth-order valence-electron chi connectivity index (χ4n) is 4.25. The van der Waals surface area contributed by atoms with Crippen LogP contribution in [-0.2, 0) is 16.6 Å². The number of aryl methyl sites for hydroxylation is 1. The van der Waals surface area contributed by atoms with Crippen LogP contribution in [0, 0.1) is 5.92 Å². The number of carbonyl (C=O) groups excluding carboxylic acids is 2. The lowest BCUT2D eigenvalue weighted by molar-refractivity contribution is -0.141. The van der Waals surface area contributed by atoms with Gasteiger partial charge in [0, 0.05) is 26.6 Å². The van der Waals surface area contributed by atoms with Gasteiger partial charge in [-0.25, -0.2) is 4.79 Å². The van der Waals surface area contributed by atoms with Gasteiger partial charge in [0.05, 0.1) is 12.1 Å². The average Bonchev–Trinajstić information content (AvgIpc) is 3.34. The Labute approximate surface area is 196 Å². The summed E-state index contributed by atoms with van der Waals surface area (Å²) in [7, 11) is 3.10. The molecule has 0 fully saturated rings. The summed E-state index contributed by atoms with van der Waals surface area (Å²) >= 11 is 0. The molecule has 1 aromatic heterocycles.